The molecule has 1 atom stereocenters. The predicted octanol–water partition coefficient (Wildman–Crippen LogP) is 2.19. The Labute approximate surface area is 149 Å². The second kappa shape index (κ2) is 7.85. The fraction of sp³-hybridized carbons (Fsp3) is 0.632. The topological polar surface area (TPSA) is 65.5 Å². The highest BCUT2D eigenvalue weighted by molar-refractivity contribution is 5.88. The lowest BCUT2D eigenvalue weighted by molar-refractivity contribution is -0.144. The Bertz CT molecular complexity index is 626. The van der Waals surface area contributed by atoms with Gasteiger partial charge in [0.05, 0.1) is 0 Å². The van der Waals surface area contributed by atoms with E-state index in [2.05, 4.69) is 10.3 Å². The minimum absolute atomic E-state index is 0.116. The van der Waals surface area contributed by atoms with Gasteiger partial charge in [0, 0.05) is 37.8 Å². The molecule has 1 N–H and O–H groups in total. The van der Waals surface area contributed by atoms with Gasteiger partial charge in [-0.25, -0.2) is 4.98 Å². The van der Waals surface area contributed by atoms with Crippen LogP contribution in [0.4, 0.5) is 5.82 Å². The second-order valence-corrected chi connectivity index (χ2v) is 7.02. The fourth-order valence-electron chi connectivity index (χ4n) is 3.81. The molecule has 0 spiro atoms. The van der Waals surface area contributed by atoms with Crippen LogP contribution in [0, 0.1) is 6.92 Å². The number of aryl methyl sites for hydroxylation is 1. The number of aromatic nitrogens is 1. The van der Waals surface area contributed by atoms with E-state index in [9.17, 15) is 9.59 Å². The van der Waals surface area contributed by atoms with E-state index in [0.717, 1.165) is 50.4 Å². The summed E-state index contributed by atoms with van der Waals surface area (Å²) < 4.78 is 0. The van der Waals surface area contributed by atoms with E-state index >= 15 is 0 Å². The summed E-state index contributed by atoms with van der Waals surface area (Å²) in [6.45, 7) is 6.17. The Morgan fingerprint density at radius 2 is 2.08 bits per heavy atom. The number of amides is 2. The largest absolute Gasteiger partial charge is 0.367 e. The Kier molecular flexibility index (Phi) is 5.56. The highest BCUT2D eigenvalue weighted by atomic mass is 16.2. The van der Waals surface area contributed by atoms with Gasteiger partial charge in [0.2, 0.25) is 11.8 Å². The van der Waals surface area contributed by atoms with Gasteiger partial charge in [0.25, 0.3) is 0 Å². The van der Waals surface area contributed by atoms with Crippen LogP contribution in [-0.2, 0) is 9.59 Å². The smallest absolute Gasteiger partial charge is 0.245 e. The third kappa shape index (κ3) is 4.11. The first-order chi connectivity index (χ1) is 12.1. The molecule has 6 nitrogen and oxygen atoms in total. The molecule has 2 saturated heterocycles. The molecular weight excluding hydrogens is 316 g/mol. The molecule has 2 fully saturated rings. The number of nitrogens with zero attached hydrogens (tertiary/aromatic N) is 3. The summed E-state index contributed by atoms with van der Waals surface area (Å²) in [7, 11) is 0. The molecule has 1 aromatic rings. The summed E-state index contributed by atoms with van der Waals surface area (Å²) >= 11 is 0. The molecule has 0 aromatic carbocycles. The molecule has 0 unspecified atom stereocenters. The van der Waals surface area contributed by atoms with Crippen LogP contribution in [0.5, 0.6) is 0 Å². The van der Waals surface area contributed by atoms with Gasteiger partial charge in [-0.3, -0.25) is 9.59 Å². The summed E-state index contributed by atoms with van der Waals surface area (Å²) in [6, 6.07) is 6.03. The molecule has 0 aliphatic carbocycles. The Hall–Kier alpha value is -2.11. The number of anilines is 1. The van der Waals surface area contributed by atoms with Gasteiger partial charge < -0.3 is 15.1 Å². The monoisotopic (exact) mass is 344 g/mol. The zero-order valence-electron chi connectivity index (χ0n) is 15.2. The number of rotatable bonds is 5. The van der Waals surface area contributed by atoms with E-state index in [1.807, 2.05) is 36.9 Å². The van der Waals surface area contributed by atoms with E-state index in [0.29, 0.717) is 18.9 Å². The Morgan fingerprint density at radius 3 is 2.68 bits per heavy atom. The molecule has 2 aliphatic rings. The fourth-order valence-corrected chi connectivity index (χ4v) is 3.81. The van der Waals surface area contributed by atoms with Crippen molar-refractivity contribution in [3.05, 3.63) is 23.9 Å². The molecule has 0 radical (unpaired) electrons. The van der Waals surface area contributed by atoms with Gasteiger partial charge in [-0.15, -0.1) is 0 Å². The number of hydrogen-bond donors (Lipinski definition) is 1. The quantitative estimate of drug-likeness (QED) is 0.889. The number of carbonyl (C=O) groups is 2. The molecule has 2 aliphatic heterocycles. The van der Waals surface area contributed by atoms with Crippen molar-refractivity contribution >= 4 is 17.6 Å². The van der Waals surface area contributed by atoms with Crippen LogP contribution in [0.3, 0.4) is 0 Å². The van der Waals surface area contributed by atoms with Gasteiger partial charge in [-0.2, -0.15) is 0 Å². The van der Waals surface area contributed by atoms with Crippen LogP contribution in [0.25, 0.3) is 0 Å². The lowest BCUT2D eigenvalue weighted by Crippen LogP contribution is -2.52. The first-order valence-corrected chi connectivity index (χ1v) is 9.37. The molecule has 3 rings (SSSR count). The third-order valence-electron chi connectivity index (χ3n) is 5.20. The molecular formula is C19H28N4O2. The molecule has 3 heterocycles. The van der Waals surface area contributed by atoms with Crippen molar-refractivity contribution in [3.63, 3.8) is 0 Å². The zero-order chi connectivity index (χ0) is 17.8. The lowest BCUT2D eigenvalue weighted by atomic mass is 10.0. The maximum Gasteiger partial charge on any atom is 0.245 e. The van der Waals surface area contributed by atoms with Gasteiger partial charge in [0.15, 0.2) is 0 Å². The van der Waals surface area contributed by atoms with Crippen LogP contribution < -0.4 is 5.32 Å². The van der Waals surface area contributed by atoms with E-state index < -0.39 is 0 Å². The van der Waals surface area contributed by atoms with Crippen LogP contribution >= 0.6 is 0 Å². The highest BCUT2D eigenvalue weighted by Gasteiger charge is 2.35. The first kappa shape index (κ1) is 17.7. The van der Waals surface area contributed by atoms with Crippen molar-refractivity contribution in [2.75, 3.05) is 25.0 Å². The summed E-state index contributed by atoms with van der Waals surface area (Å²) in [5.41, 5.74) is 0.999. The van der Waals surface area contributed by atoms with Crippen molar-refractivity contribution in [3.8, 4) is 0 Å². The average molecular weight is 344 g/mol. The summed E-state index contributed by atoms with van der Waals surface area (Å²) in [5, 5.41) is 3.47. The van der Waals surface area contributed by atoms with Crippen molar-refractivity contribution in [1.29, 1.82) is 0 Å². The third-order valence-corrected chi connectivity index (χ3v) is 5.20. The van der Waals surface area contributed by atoms with E-state index in [1.165, 1.54) is 0 Å². The lowest BCUT2D eigenvalue weighted by Gasteiger charge is -2.36. The first-order valence-electron chi connectivity index (χ1n) is 9.37. The average Bonchev–Trinajstić information content (AvgIpc) is 3.02. The summed E-state index contributed by atoms with van der Waals surface area (Å²) in [6.07, 6.45) is 3.96. The van der Waals surface area contributed by atoms with Crippen LogP contribution in [0.1, 0.15) is 44.7 Å². The normalized spacial score (nSPS) is 20.0. The number of likely N-dealkylation sites (tertiary alicyclic amines) is 2. The van der Waals surface area contributed by atoms with Gasteiger partial charge >= 0.3 is 0 Å². The zero-order valence-corrected chi connectivity index (χ0v) is 15.2. The van der Waals surface area contributed by atoms with Gasteiger partial charge in [-0.05, 0) is 44.7 Å². The second-order valence-electron chi connectivity index (χ2n) is 7.02. The number of pyridine rings is 1. The minimum Gasteiger partial charge on any atom is -0.367 e. The van der Waals surface area contributed by atoms with Crippen LogP contribution in [-0.4, -0.2) is 58.3 Å². The summed E-state index contributed by atoms with van der Waals surface area (Å²) in [5.74, 6) is 1.14. The number of carbonyl (C=O) groups excluding carboxylic acids is 2. The van der Waals surface area contributed by atoms with Crippen molar-refractivity contribution in [2.45, 2.75) is 58.0 Å². The van der Waals surface area contributed by atoms with Crippen LogP contribution in [0.15, 0.2) is 18.2 Å². The molecule has 0 saturated carbocycles. The van der Waals surface area contributed by atoms with E-state index in [1.54, 1.807) is 4.90 Å². The molecule has 136 valence electrons. The molecule has 25 heavy (non-hydrogen) atoms. The maximum atomic E-state index is 12.9. The SMILES string of the molecule is CC[C@@H](C(=O)N1CCC(Nc2cccc(C)n2)CC1)N1CCCC1=O. The number of hydrogen-bond acceptors (Lipinski definition) is 4. The van der Waals surface area contributed by atoms with E-state index in [-0.39, 0.29) is 17.9 Å². The summed E-state index contributed by atoms with van der Waals surface area (Å²) in [4.78, 5) is 33.1. The van der Waals surface area contributed by atoms with Crippen molar-refractivity contribution in [2.24, 2.45) is 0 Å². The number of nitrogens with one attached hydrogen (secondary N) is 1. The Morgan fingerprint density at radius 1 is 1.32 bits per heavy atom. The van der Waals surface area contributed by atoms with Crippen LogP contribution in [0.2, 0.25) is 0 Å². The minimum atomic E-state index is -0.280. The molecule has 2 amide bonds. The molecule has 1 aromatic heterocycles. The van der Waals surface area contributed by atoms with Crippen molar-refractivity contribution in [1.82, 2.24) is 14.8 Å². The molecule has 0 bridgehead atoms. The van der Waals surface area contributed by atoms with Crippen molar-refractivity contribution < 1.29 is 9.59 Å². The van der Waals surface area contributed by atoms with Gasteiger partial charge in [-0.1, -0.05) is 13.0 Å². The maximum absolute atomic E-state index is 12.9. The standard InChI is InChI=1S/C19H28N4O2/c1-3-16(23-11-5-8-18(23)24)19(25)22-12-9-15(10-13-22)21-17-7-4-6-14(2)20-17/h4,6-7,15-16H,3,5,8-13H2,1-2H3,(H,20,21)/t16-/m0/s1. The predicted molar refractivity (Wildman–Crippen MR) is 97.2 cm³/mol. The number of piperidine rings is 1. The van der Waals surface area contributed by atoms with E-state index in [4.69, 9.17) is 0 Å². The Balaban J connectivity index is 1.54. The highest BCUT2D eigenvalue weighted by Crippen LogP contribution is 2.21. The molecule has 6 heteroatoms. The van der Waals surface area contributed by atoms with Gasteiger partial charge in [0.1, 0.15) is 11.9 Å².